The fourth-order valence-electron chi connectivity index (χ4n) is 2.21. The van der Waals surface area contributed by atoms with Gasteiger partial charge in [-0.25, -0.2) is 0 Å². The smallest absolute Gasteiger partial charge is 0.0621 e. The normalized spacial score (nSPS) is 20.2. The van der Waals surface area contributed by atoms with E-state index in [9.17, 15) is 0 Å². The third-order valence-electron chi connectivity index (χ3n) is 3.20. The predicted molar refractivity (Wildman–Crippen MR) is 50.5 cm³/mol. The van der Waals surface area contributed by atoms with E-state index in [2.05, 4.69) is 19.9 Å². The van der Waals surface area contributed by atoms with Crippen LogP contribution in [0.15, 0.2) is 0 Å². The quantitative estimate of drug-likeness (QED) is 0.626. The van der Waals surface area contributed by atoms with Crippen molar-refractivity contribution < 1.29 is 0 Å². The molecule has 0 spiro atoms. The van der Waals surface area contributed by atoms with Crippen LogP contribution in [0.1, 0.15) is 46.0 Å². The molecule has 1 aliphatic carbocycles. The Morgan fingerprint density at radius 3 is 2.42 bits per heavy atom. The molecule has 0 bridgehead atoms. The van der Waals surface area contributed by atoms with Gasteiger partial charge in [-0.1, -0.05) is 33.1 Å². The summed E-state index contributed by atoms with van der Waals surface area (Å²) in [6, 6.07) is 2.26. The van der Waals surface area contributed by atoms with Crippen LogP contribution in [0, 0.1) is 29.1 Å². The van der Waals surface area contributed by atoms with Gasteiger partial charge >= 0.3 is 0 Å². The minimum absolute atomic E-state index is 0.749. The van der Waals surface area contributed by atoms with E-state index in [-0.39, 0.29) is 0 Å². The zero-order valence-corrected chi connectivity index (χ0v) is 8.21. The first kappa shape index (κ1) is 9.58. The summed E-state index contributed by atoms with van der Waals surface area (Å²) in [5.74, 6) is 2.53. The largest absolute Gasteiger partial charge is 0.198 e. The Morgan fingerprint density at radius 2 is 2.08 bits per heavy atom. The molecular formula is C11H19N. The van der Waals surface area contributed by atoms with Crippen LogP contribution in [0.25, 0.3) is 0 Å². The molecule has 0 aromatic carbocycles. The Labute approximate surface area is 75.8 Å². The molecule has 0 saturated heterocycles. The van der Waals surface area contributed by atoms with Gasteiger partial charge in [0.1, 0.15) is 0 Å². The molecule has 68 valence electrons. The first-order chi connectivity index (χ1) is 5.75. The standard InChI is InChI=1S/C11H19N/c1-9(2)11(7-4-8-12)10-5-3-6-10/h9-11H,3-7H2,1-2H3. The molecule has 0 heterocycles. The minimum atomic E-state index is 0.749. The molecule has 0 aliphatic heterocycles. The summed E-state index contributed by atoms with van der Waals surface area (Å²) in [5.41, 5.74) is 0. The van der Waals surface area contributed by atoms with Crippen LogP contribution in [0.2, 0.25) is 0 Å². The second-order valence-electron chi connectivity index (χ2n) is 4.30. The number of hydrogen-bond donors (Lipinski definition) is 0. The summed E-state index contributed by atoms with van der Waals surface area (Å²) >= 11 is 0. The van der Waals surface area contributed by atoms with Gasteiger partial charge in [-0.3, -0.25) is 0 Å². The van der Waals surface area contributed by atoms with Crippen molar-refractivity contribution in [2.75, 3.05) is 0 Å². The Hall–Kier alpha value is -0.510. The maximum absolute atomic E-state index is 8.52. The van der Waals surface area contributed by atoms with Gasteiger partial charge in [-0.05, 0) is 24.2 Å². The maximum Gasteiger partial charge on any atom is 0.0621 e. The molecule has 1 unspecified atom stereocenters. The molecule has 0 N–H and O–H groups in total. The van der Waals surface area contributed by atoms with E-state index in [1.54, 1.807) is 0 Å². The molecule has 1 aliphatic rings. The van der Waals surface area contributed by atoms with Gasteiger partial charge < -0.3 is 0 Å². The minimum Gasteiger partial charge on any atom is -0.198 e. The van der Waals surface area contributed by atoms with Gasteiger partial charge in [-0.2, -0.15) is 5.26 Å². The molecule has 0 amide bonds. The molecule has 0 aromatic heterocycles. The van der Waals surface area contributed by atoms with E-state index in [0.29, 0.717) is 0 Å². The highest BCUT2D eigenvalue weighted by molar-refractivity contribution is 4.82. The summed E-state index contributed by atoms with van der Waals surface area (Å²) < 4.78 is 0. The van der Waals surface area contributed by atoms with E-state index in [1.165, 1.54) is 19.3 Å². The second kappa shape index (κ2) is 4.50. The van der Waals surface area contributed by atoms with E-state index in [0.717, 1.165) is 30.6 Å². The maximum atomic E-state index is 8.52. The third kappa shape index (κ3) is 2.24. The lowest BCUT2D eigenvalue weighted by Crippen LogP contribution is -2.25. The van der Waals surface area contributed by atoms with E-state index < -0.39 is 0 Å². The first-order valence-corrected chi connectivity index (χ1v) is 5.12. The van der Waals surface area contributed by atoms with Gasteiger partial charge in [0.15, 0.2) is 0 Å². The third-order valence-corrected chi connectivity index (χ3v) is 3.20. The monoisotopic (exact) mass is 165 g/mol. The molecule has 1 atom stereocenters. The number of hydrogen-bond acceptors (Lipinski definition) is 1. The van der Waals surface area contributed by atoms with Crippen LogP contribution < -0.4 is 0 Å². The number of nitriles is 1. The molecule has 1 fully saturated rings. The fourth-order valence-corrected chi connectivity index (χ4v) is 2.21. The number of rotatable bonds is 4. The molecule has 0 radical (unpaired) electrons. The first-order valence-electron chi connectivity index (χ1n) is 5.12. The van der Waals surface area contributed by atoms with Crippen LogP contribution in [-0.2, 0) is 0 Å². The summed E-state index contributed by atoms with van der Waals surface area (Å²) in [7, 11) is 0. The van der Waals surface area contributed by atoms with Crippen LogP contribution in [-0.4, -0.2) is 0 Å². The molecular weight excluding hydrogens is 146 g/mol. The van der Waals surface area contributed by atoms with Gasteiger partial charge in [0.05, 0.1) is 6.07 Å². The highest BCUT2D eigenvalue weighted by Gasteiger charge is 2.28. The molecule has 12 heavy (non-hydrogen) atoms. The zero-order valence-electron chi connectivity index (χ0n) is 8.21. The van der Waals surface area contributed by atoms with Crippen molar-refractivity contribution in [1.82, 2.24) is 0 Å². The highest BCUT2D eigenvalue weighted by atomic mass is 14.3. The molecule has 0 aromatic rings. The summed E-state index contributed by atoms with van der Waals surface area (Å²) in [4.78, 5) is 0. The van der Waals surface area contributed by atoms with Gasteiger partial charge in [0.25, 0.3) is 0 Å². The van der Waals surface area contributed by atoms with Crippen molar-refractivity contribution in [1.29, 1.82) is 5.26 Å². The predicted octanol–water partition coefficient (Wildman–Crippen LogP) is 3.36. The highest BCUT2D eigenvalue weighted by Crippen LogP contribution is 2.39. The van der Waals surface area contributed by atoms with Crippen molar-refractivity contribution in [3.8, 4) is 6.07 Å². The molecule has 1 rings (SSSR count). The van der Waals surface area contributed by atoms with Crippen LogP contribution >= 0.6 is 0 Å². The zero-order chi connectivity index (χ0) is 8.97. The van der Waals surface area contributed by atoms with Crippen LogP contribution in [0.5, 0.6) is 0 Å². The van der Waals surface area contributed by atoms with Gasteiger partial charge in [-0.15, -0.1) is 0 Å². The Morgan fingerprint density at radius 1 is 1.42 bits per heavy atom. The van der Waals surface area contributed by atoms with Crippen LogP contribution in [0.4, 0.5) is 0 Å². The second-order valence-corrected chi connectivity index (χ2v) is 4.30. The molecule has 1 saturated carbocycles. The van der Waals surface area contributed by atoms with Crippen molar-refractivity contribution in [2.45, 2.75) is 46.0 Å². The van der Waals surface area contributed by atoms with E-state index >= 15 is 0 Å². The Balaban J connectivity index is 2.33. The van der Waals surface area contributed by atoms with Gasteiger partial charge in [0, 0.05) is 6.42 Å². The average Bonchev–Trinajstić information content (AvgIpc) is 1.93. The fraction of sp³-hybridized carbons (Fsp3) is 0.909. The van der Waals surface area contributed by atoms with Crippen molar-refractivity contribution >= 4 is 0 Å². The van der Waals surface area contributed by atoms with Crippen molar-refractivity contribution in [3.05, 3.63) is 0 Å². The van der Waals surface area contributed by atoms with Gasteiger partial charge in [0.2, 0.25) is 0 Å². The van der Waals surface area contributed by atoms with Crippen molar-refractivity contribution in [2.24, 2.45) is 17.8 Å². The van der Waals surface area contributed by atoms with Crippen LogP contribution in [0.3, 0.4) is 0 Å². The summed E-state index contributed by atoms with van der Waals surface area (Å²) in [5, 5.41) is 8.52. The Kier molecular flexibility index (Phi) is 3.59. The lowest BCUT2D eigenvalue weighted by Gasteiger charge is -2.36. The summed E-state index contributed by atoms with van der Waals surface area (Å²) in [6.45, 7) is 4.58. The average molecular weight is 165 g/mol. The summed E-state index contributed by atoms with van der Waals surface area (Å²) in [6.07, 6.45) is 6.11. The Bertz CT molecular complexity index is 162. The lowest BCUT2D eigenvalue weighted by atomic mass is 9.70. The topological polar surface area (TPSA) is 23.8 Å². The lowest BCUT2D eigenvalue weighted by molar-refractivity contribution is 0.151. The van der Waals surface area contributed by atoms with E-state index in [1.807, 2.05) is 0 Å². The van der Waals surface area contributed by atoms with Crippen molar-refractivity contribution in [3.63, 3.8) is 0 Å². The molecule has 1 heteroatoms. The SMILES string of the molecule is CC(C)C(CCC#N)C1CCC1. The van der Waals surface area contributed by atoms with E-state index in [4.69, 9.17) is 5.26 Å². The molecule has 1 nitrogen and oxygen atoms in total. The number of nitrogens with zero attached hydrogens (tertiary/aromatic N) is 1.